The molecule has 0 aliphatic carbocycles. The lowest BCUT2D eigenvalue weighted by Crippen LogP contribution is -2.48. The predicted molar refractivity (Wildman–Crippen MR) is 141 cm³/mol. The maximum Gasteiger partial charge on any atom is 0.414 e. The number of cyclic esters (lactones) is 1. The van der Waals surface area contributed by atoms with Crippen LogP contribution in [0.4, 0.5) is 26.2 Å². The molecular weight excluding hydrogens is 497 g/mol. The Hall–Kier alpha value is -3.91. The minimum Gasteiger partial charge on any atom is -0.465 e. The molecule has 37 heavy (non-hydrogen) atoms. The van der Waals surface area contributed by atoms with E-state index in [0.717, 1.165) is 0 Å². The first-order valence-electron chi connectivity index (χ1n) is 11.9. The number of nitrogens with one attached hydrogen (secondary N) is 2. The first kappa shape index (κ1) is 26.2. The number of halogens is 1. The van der Waals surface area contributed by atoms with E-state index in [-0.39, 0.29) is 6.10 Å². The lowest BCUT2D eigenvalue weighted by molar-refractivity contribution is 0.0600. The standard InChI is InChI=1S/C26H28FN5O4S/c1-17(37)29-14-21-15-32(25(34)36-21)20-7-8-23(22(27)13-20)31-11-9-26(16-28,10-12-31)30-19-5-3-18(4-6-19)24(33)35-2/h3-8,13,21,30H,9-12,14-15H2,1-2H3,(H,29,37)/t21-/m0/s1. The number of anilines is 3. The zero-order chi connectivity index (χ0) is 26.6. The normalized spacial score (nSPS) is 18.5. The van der Waals surface area contributed by atoms with Gasteiger partial charge in [0.05, 0.1) is 48.2 Å². The van der Waals surface area contributed by atoms with E-state index >= 15 is 4.39 Å². The number of methoxy groups -OCH3 is 1. The third-order valence-corrected chi connectivity index (χ3v) is 6.70. The van der Waals surface area contributed by atoms with Gasteiger partial charge in [-0.25, -0.2) is 14.0 Å². The van der Waals surface area contributed by atoms with Crippen LogP contribution in [0, 0.1) is 17.1 Å². The lowest BCUT2D eigenvalue weighted by atomic mass is 9.88. The van der Waals surface area contributed by atoms with Crippen LogP contribution in [-0.2, 0) is 9.47 Å². The summed E-state index contributed by atoms with van der Waals surface area (Å²) in [6, 6.07) is 13.8. The van der Waals surface area contributed by atoms with Crippen LogP contribution in [0.1, 0.15) is 30.1 Å². The van der Waals surface area contributed by atoms with Crippen molar-refractivity contribution in [2.75, 3.05) is 48.4 Å². The summed E-state index contributed by atoms with van der Waals surface area (Å²) in [4.78, 5) is 27.9. The Morgan fingerprint density at radius 3 is 2.57 bits per heavy atom. The summed E-state index contributed by atoms with van der Waals surface area (Å²) in [7, 11) is 1.32. The number of carbonyl (C=O) groups is 2. The highest BCUT2D eigenvalue weighted by Crippen LogP contribution is 2.33. The molecule has 1 amide bonds. The fraction of sp³-hybridized carbons (Fsp3) is 0.385. The molecule has 2 aliphatic heterocycles. The zero-order valence-corrected chi connectivity index (χ0v) is 21.4. The Morgan fingerprint density at radius 1 is 1.27 bits per heavy atom. The third kappa shape index (κ3) is 5.91. The summed E-state index contributed by atoms with van der Waals surface area (Å²) in [6.07, 6.45) is 0.0353. The Morgan fingerprint density at radius 2 is 1.97 bits per heavy atom. The Bertz CT molecular complexity index is 1220. The van der Waals surface area contributed by atoms with Crippen molar-refractivity contribution in [3.63, 3.8) is 0 Å². The molecule has 2 aromatic carbocycles. The summed E-state index contributed by atoms with van der Waals surface area (Å²) < 4.78 is 25.2. The molecular formula is C26H28FN5O4S. The smallest absolute Gasteiger partial charge is 0.414 e. The zero-order valence-electron chi connectivity index (χ0n) is 20.6. The van der Waals surface area contributed by atoms with Crippen molar-refractivity contribution in [3.8, 4) is 6.07 Å². The summed E-state index contributed by atoms with van der Waals surface area (Å²) >= 11 is 4.99. The van der Waals surface area contributed by atoms with Crippen molar-refractivity contribution in [1.82, 2.24) is 5.32 Å². The monoisotopic (exact) mass is 525 g/mol. The number of hydrogen-bond donors (Lipinski definition) is 2. The average Bonchev–Trinajstić information content (AvgIpc) is 3.28. The molecule has 0 unspecified atom stereocenters. The van der Waals surface area contributed by atoms with Crippen LogP contribution in [0.15, 0.2) is 42.5 Å². The number of rotatable bonds is 7. The van der Waals surface area contributed by atoms with E-state index in [2.05, 4.69) is 16.7 Å². The van der Waals surface area contributed by atoms with Crippen LogP contribution >= 0.6 is 12.2 Å². The van der Waals surface area contributed by atoms with Gasteiger partial charge in [-0.2, -0.15) is 5.26 Å². The molecule has 0 saturated carbocycles. The average molecular weight is 526 g/mol. The number of nitrogens with zero attached hydrogens (tertiary/aromatic N) is 3. The largest absolute Gasteiger partial charge is 0.465 e. The number of amides is 1. The number of ether oxygens (including phenoxy) is 2. The second kappa shape index (κ2) is 11.0. The topological polar surface area (TPSA) is 107 Å². The number of piperidine rings is 1. The molecule has 0 aromatic heterocycles. The van der Waals surface area contributed by atoms with Gasteiger partial charge in [0.1, 0.15) is 17.5 Å². The predicted octanol–water partition coefficient (Wildman–Crippen LogP) is 3.85. The second-order valence-corrected chi connectivity index (χ2v) is 9.68. The first-order chi connectivity index (χ1) is 17.7. The fourth-order valence-electron chi connectivity index (χ4n) is 4.49. The van der Waals surface area contributed by atoms with Gasteiger partial charge < -0.3 is 25.0 Å². The van der Waals surface area contributed by atoms with E-state index in [1.807, 2.05) is 4.90 Å². The van der Waals surface area contributed by atoms with Crippen LogP contribution in [0.2, 0.25) is 0 Å². The third-order valence-electron chi connectivity index (χ3n) is 6.56. The van der Waals surface area contributed by atoms with Crippen molar-refractivity contribution < 1.29 is 23.5 Å². The molecule has 4 rings (SSSR count). The van der Waals surface area contributed by atoms with Gasteiger partial charge in [0.25, 0.3) is 0 Å². The van der Waals surface area contributed by atoms with Gasteiger partial charge in [-0.15, -0.1) is 0 Å². The van der Waals surface area contributed by atoms with E-state index in [9.17, 15) is 14.9 Å². The molecule has 9 nitrogen and oxygen atoms in total. The van der Waals surface area contributed by atoms with Gasteiger partial charge in [0.2, 0.25) is 0 Å². The number of carbonyl (C=O) groups excluding carboxylic acids is 2. The van der Waals surface area contributed by atoms with Crippen LogP contribution in [0.3, 0.4) is 0 Å². The highest BCUT2D eigenvalue weighted by atomic mass is 32.1. The number of benzene rings is 2. The number of esters is 1. The maximum absolute atomic E-state index is 15.2. The fourth-order valence-corrected chi connectivity index (χ4v) is 4.58. The van der Waals surface area contributed by atoms with Gasteiger partial charge >= 0.3 is 12.1 Å². The summed E-state index contributed by atoms with van der Waals surface area (Å²) in [5.41, 5.74) is 1.16. The molecule has 0 spiro atoms. The van der Waals surface area contributed by atoms with Crippen LogP contribution in [0.25, 0.3) is 0 Å². The maximum atomic E-state index is 15.2. The molecule has 0 bridgehead atoms. The molecule has 1 atom stereocenters. The number of hydrogen-bond acceptors (Lipinski definition) is 8. The van der Waals surface area contributed by atoms with Gasteiger partial charge in [-0.3, -0.25) is 4.90 Å². The Kier molecular flexibility index (Phi) is 7.78. The lowest BCUT2D eigenvalue weighted by Gasteiger charge is -2.39. The first-order valence-corrected chi connectivity index (χ1v) is 12.3. The van der Waals surface area contributed by atoms with Crippen molar-refractivity contribution in [3.05, 3.63) is 53.8 Å². The van der Waals surface area contributed by atoms with Gasteiger partial charge in [-0.05, 0) is 49.4 Å². The molecule has 2 heterocycles. The molecule has 2 aliphatic rings. The SMILES string of the molecule is COC(=O)c1ccc(NC2(C#N)CCN(c3ccc(N4C[C@H](CNC(C)=S)OC4=O)cc3F)CC2)cc1. The van der Waals surface area contributed by atoms with Crippen molar-refractivity contribution >= 4 is 46.3 Å². The quantitative estimate of drug-likeness (QED) is 0.412. The summed E-state index contributed by atoms with van der Waals surface area (Å²) in [6.45, 7) is 3.38. The van der Waals surface area contributed by atoms with E-state index in [1.165, 1.54) is 18.1 Å². The minimum absolute atomic E-state index is 0.300. The highest BCUT2D eigenvalue weighted by Gasteiger charge is 2.36. The van der Waals surface area contributed by atoms with Gasteiger partial charge in [-0.1, -0.05) is 12.2 Å². The molecule has 2 fully saturated rings. The Labute approximate surface area is 220 Å². The van der Waals surface area contributed by atoms with Crippen molar-refractivity contribution in [1.29, 1.82) is 5.26 Å². The summed E-state index contributed by atoms with van der Waals surface area (Å²) in [5, 5.41) is 16.2. The van der Waals surface area contributed by atoms with Gasteiger partial charge in [0, 0.05) is 31.6 Å². The highest BCUT2D eigenvalue weighted by molar-refractivity contribution is 7.80. The molecule has 194 valence electrons. The van der Waals surface area contributed by atoms with E-state index in [1.54, 1.807) is 43.3 Å². The van der Waals surface area contributed by atoms with Crippen molar-refractivity contribution in [2.45, 2.75) is 31.4 Å². The van der Waals surface area contributed by atoms with Crippen molar-refractivity contribution in [2.24, 2.45) is 0 Å². The van der Waals surface area contributed by atoms with Gasteiger partial charge in [0.15, 0.2) is 0 Å². The Balaban J connectivity index is 1.39. The molecule has 0 radical (unpaired) electrons. The summed E-state index contributed by atoms with van der Waals surface area (Å²) in [5.74, 6) is -0.875. The molecule has 2 N–H and O–H groups in total. The minimum atomic E-state index is -0.817. The van der Waals surface area contributed by atoms with Crippen LogP contribution in [0.5, 0.6) is 0 Å². The number of nitriles is 1. The van der Waals surface area contributed by atoms with E-state index < -0.39 is 23.4 Å². The van der Waals surface area contributed by atoms with Crippen LogP contribution < -0.4 is 20.4 Å². The second-order valence-electron chi connectivity index (χ2n) is 9.06. The molecule has 2 aromatic rings. The number of thiocarbonyl (C=S) groups is 1. The van der Waals surface area contributed by atoms with E-state index in [0.29, 0.717) is 66.6 Å². The molecule has 2 saturated heterocycles. The van der Waals surface area contributed by atoms with Crippen LogP contribution in [-0.4, -0.2) is 62.0 Å². The van der Waals surface area contributed by atoms with E-state index in [4.69, 9.17) is 21.7 Å². The molecule has 11 heteroatoms.